The molecule has 0 aliphatic rings. The largest absolute Gasteiger partial charge is 0.462 e. The summed E-state index contributed by atoms with van der Waals surface area (Å²) in [4.78, 5) is 13.2. The first-order valence-corrected chi connectivity index (χ1v) is 3.20. The van der Waals surface area contributed by atoms with Crippen molar-refractivity contribution in [2.45, 2.75) is 0 Å². The summed E-state index contributed by atoms with van der Waals surface area (Å²) in [6.07, 6.45) is 2.62. The van der Waals surface area contributed by atoms with Crippen molar-refractivity contribution < 1.29 is 10.0 Å². The molecule has 0 aliphatic carbocycles. The van der Waals surface area contributed by atoms with E-state index >= 15 is 0 Å². The van der Waals surface area contributed by atoms with Gasteiger partial charge < -0.3 is 10.8 Å². The van der Waals surface area contributed by atoms with Gasteiger partial charge in [-0.3, -0.25) is 10.1 Å². The Morgan fingerprint density at radius 1 is 1.69 bits per heavy atom. The number of anilines is 1. The van der Waals surface area contributed by atoms with Crippen molar-refractivity contribution >= 4 is 11.5 Å². The van der Waals surface area contributed by atoms with Gasteiger partial charge in [-0.25, -0.2) is 4.98 Å². The average Bonchev–Trinajstić information content (AvgIpc) is 2.08. The number of hydrogen-bond donors (Lipinski definition) is 2. The summed E-state index contributed by atoms with van der Waals surface area (Å²) >= 11 is 0. The Bertz CT molecular complexity index is 405. The SMILES string of the molecule is Nc1ncc([N+](=O)[O-])cc1C#CO. The van der Waals surface area contributed by atoms with Gasteiger partial charge in [0.1, 0.15) is 18.1 Å². The molecule has 0 aliphatic heterocycles. The van der Waals surface area contributed by atoms with Crippen LogP contribution in [0, 0.1) is 22.1 Å². The molecule has 0 atom stereocenters. The van der Waals surface area contributed by atoms with Crippen molar-refractivity contribution in [1.82, 2.24) is 4.98 Å². The van der Waals surface area contributed by atoms with Gasteiger partial charge in [0.2, 0.25) is 0 Å². The van der Waals surface area contributed by atoms with Gasteiger partial charge in [0.15, 0.2) is 0 Å². The fourth-order valence-electron chi connectivity index (χ4n) is 0.725. The van der Waals surface area contributed by atoms with E-state index in [1.807, 2.05) is 0 Å². The summed E-state index contributed by atoms with van der Waals surface area (Å²) in [5.41, 5.74) is 5.25. The van der Waals surface area contributed by atoms with E-state index in [2.05, 4.69) is 10.9 Å². The van der Waals surface area contributed by atoms with Crippen LogP contribution >= 0.6 is 0 Å². The maximum atomic E-state index is 10.3. The molecule has 66 valence electrons. The maximum absolute atomic E-state index is 10.3. The first kappa shape index (κ1) is 8.80. The first-order chi connectivity index (χ1) is 6.15. The fraction of sp³-hybridized carbons (Fsp3) is 0. The zero-order chi connectivity index (χ0) is 9.84. The summed E-state index contributed by atoms with van der Waals surface area (Å²) in [6, 6.07) is 1.14. The second-order valence-corrected chi connectivity index (χ2v) is 2.12. The van der Waals surface area contributed by atoms with Crippen LogP contribution in [0.4, 0.5) is 11.5 Å². The van der Waals surface area contributed by atoms with Crippen LogP contribution in [0.1, 0.15) is 5.56 Å². The summed E-state index contributed by atoms with van der Waals surface area (Å²) < 4.78 is 0. The molecule has 0 saturated heterocycles. The number of aromatic nitrogens is 1. The zero-order valence-corrected chi connectivity index (χ0v) is 6.39. The van der Waals surface area contributed by atoms with E-state index in [1.165, 1.54) is 0 Å². The van der Waals surface area contributed by atoms with E-state index in [1.54, 1.807) is 6.11 Å². The Balaban J connectivity index is 3.24. The monoisotopic (exact) mass is 179 g/mol. The molecule has 0 unspecified atom stereocenters. The van der Waals surface area contributed by atoms with E-state index in [0.29, 0.717) is 0 Å². The van der Waals surface area contributed by atoms with Crippen molar-refractivity contribution in [3.05, 3.63) is 27.9 Å². The predicted octanol–water partition coefficient (Wildman–Crippen LogP) is 0.253. The highest BCUT2D eigenvalue weighted by Gasteiger charge is 2.08. The molecule has 13 heavy (non-hydrogen) atoms. The van der Waals surface area contributed by atoms with Crippen LogP contribution in [0.25, 0.3) is 0 Å². The van der Waals surface area contributed by atoms with Crippen molar-refractivity contribution in [2.24, 2.45) is 0 Å². The van der Waals surface area contributed by atoms with E-state index in [-0.39, 0.29) is 17.1 Å². The molecule has 1 aromatic rings. The molecule has 0 fully saturated rings. The molecule has 0 bridgehead atoms. The minimum absolute atomic E-state index is 0.0483. The van der Waals surface area contributed by atoms with Crippen LogP contribution in [0.3, 0.4) is 0 Å². The number of nitro groups is 1. The minimum atomic E-state index is -0.616. The summed E-state index contributed by atoms with van der Waals surface area (Å²) in [5.74, 6) is 2.23. The minimum Gasteiger partial charge on any atom is -0.462 e. The van der Waals surface area contributed by atoms with E-state index in [9.17, 15) is 10.1 Å². The third-order valence-corrected chi connectivity index (χ3v) is 1.31. The molecule has 1 heterocycles. The van der Waals surface area contributed by atoms with E-state index in [0.717, 1.165) is 12.3 Å². The topological polar surface area (TPSA) is 102 Å². The van der Waals surface area contributed by atoms with Crippen LogP contribution in [0.15, 0.2) is 12.3 Å². The molecule has 0 saturated carbocycles. The predicted molar refractivity (Wildman–Crippen MR) is 44.1 cm³/mol. The number of pyridine rings is 1. The average molecular weight is 179 g/mol. The van der Waals surface area contributed by atoms with Gasteiger partial charge in [0.05, 0.1) is 10.5 Å². The third kappa shape index (κ3) is 1.84. The molecule has 6 nitrogen and oxygen atoms in total. The van der Waals surface area contributed by atoms with E-state index in [4.69, 9.17) is 10.8 Å². The Kier molecular flexibility index (Phi) is 2.31. The third-order valence-electron chi connectivity index (χ3n) is 1.31. The number of nitrogens with zero attached hydrogens (tertiary/aromatic N) is 2. The molecule has 6 heteroatoms. The number of nitrogens with two attached hydrogens (primary N) is 1. The smallest absolute Gasteiger partial charge is 0.288 e. The van der Waals surface area contributed by atoms with Crippen LogP contribution in [0.5, 0.6) is 0 Å². The molecular formula is C7H5N3O3. The summed E-state index contributed by atoms with van der Waals surface area (Å²) in [7, 11) is 0. The molecule has 0 radical (unpaired) electrons. The van der Waals surface area contributed by atoms with Crippen LogP contribution in [-0.2, 0) is 0 Å². The maximum Gasteiger partial charge on any atom is 0.288 e. The van der Waals surface area contributed by atoms with Gasteiger partial charge in [-0.15, -0.1) is 0 Å². The lowest BCUT2D eigenvalue weighted by atomic mass is 10.2. The van der Waals surface area contributed by atoms with Crippen LogP contribution < -0.4 is 5.73 Å². The number of hydrogen-bond acceptors (Lipinski definition) is 5. The van der Waals surface area contributed by atoms with Gasteiger partial charge in [-0.1, -0.05) is 0 Å². The van der Waals surface area contributed by atoms with Crippen molar-refractivity contribution in [1.29, 1.82) is 0 Å². The highest BCUT2D eigenvalue weighted by Crippen LogP contribution is 2.15. The molecule has 0 amide bonds. The second-order valence-electron chi connectivity index (χ2n) is 2.12. The molecule has 0 aromatic carbocycles. The Morgan fingerprint density at radius 3 is 2.92 bits per heavy atom. The molecule has 1 rings (SSSR count). The Morgan fingerprint density at radius 2 is 2.38 bits per heavy atom. The molecule has 1 aromatic heterocycles. The second kappa shape index (κ2) is 3.40. The number of rotatable bonds is 1. The lowest BCUT2D eigenvalue weighted by Gasteiger charge is -1.95. The zero-order valence-electron chi connectivity index (χ0n) is 6.39. The van der Waals surface area contributed by atoms with Crippen molar-refractivity contribution in [2.75, 3.05) is 5.73 Å². The van der Waals surface area contributed by atoms with Gasteiger partial charge in [-0.05, 0) is 5.92 Å². The number of aliphatic hydroxyl groups is 1. The van der Waals surface area contributed by atoms with Gasteiger partial charge in [-0.2, -0.15) is 0 Å². The first-order valence-electron chi connectivity index (χ1n) is 3.20. The van der Waals surface area contributed by atoms with Crippen LogP contribution in [-0.4, -0.2) is 15.0 Å². The van der Waals surface area contributed by atoms with Gasteiger partial charge in [0.25, 0.3) is 5.69 Å². The lowest BCUT2D eigenvalue weighted by molar-refractivity contribution is -0.385. The Labute approximate surface area is 73.2 Å². The van der Waals surface area contributed by atoms with Gasteiger partial charge in [0, 0.05) is 6.07 Å². The molecule has 3 N–H and O–H groups in total. The standard InChI is InChI=1S/C7H5N3O3/c8-7-5(1-2-11)3-6(4-9-7)10(12)13/h3-4,11H,(H2,8,9). The summed E-state index contributed by atoms with van der Waals surface area (Å²) in [5, 5.41) is 18.5. The Hall–Kier alpha value is -2.29. The van der Waals surface area contributed by atoms with E-state index < -0.39 is 4.92 Å². The highest BCUT2D eigenvalue weighted by atomic mass is 16.6. The van der Waals surface area contributed by atoms with Crippen molar-refractivity contribution in [3.8, 4) is 12.0 Å². The fourth-order valence-corrected chi connectivity index (χ4v) is 0.725. The normalized spacial score (nSPS) is 8.62. The lowest BCUT2D eigenvalue weighted by Crippen LogP contribution is -1.97. The van der Waals surface area contributed by atoms with Gasteiger partial charge >= 0.3 is 0 Å². The quantitative estimate of drug-likeness (QED) is 0.365. The molecule has 0 spiro atoms. The van der Waals surface area contributed by atoms with Crippen LogP contribution in [0.2, 0.25) is 0 Å². The number of aliphatic hydroxyl groups excluding tert-OH is 1. The highest BCUT2D eigenvalue weighted by molar-refractivity contribution is 5.54. The molecular weight excluding hydrogens is 174 g/mol. The summed E-state index contributed by atoms with van der Waals surface area (Å²) in [6.45, 7) is 0. The van der Waals surface area contributed by atoms with Crippen molar-refractivity contribution in [3.63, 3.8) is 0 Å². The number of nitrogen functional groups attached to an aromatic ring is 1.